The Balaban J connectivity index is 1.87. The number of anilines is 1. The molecule has 0 saturated carbocycles. The molecular formula is C16H16BrFN2O. The zero-order chi connectivity index (χ0) is 15.2. The molecule has 21 heavy (non-hydrogen) atoms. The minimum Gasteiger partial charge on any atom is -0.373 e. The number of amides is 1. The highest BCUT2D eigenvalue weighted by molar-refractivity contribution is 9.10. The summed E-state index contributed by atoms with van der Waals surface area (Å²) < 4.78 is 13.4. The average Bonchev–Trinajstić information content (AvgIpc) is 2.47. The number of hydrogen-bond acceptors (Lipinski definition) is 2. The van der Waals surface area contributed by atoms with Crippen LogP contribution in [0.5, 0.6) is 0 Å². The van der Waals surface area contributed by atoms with E-state index in [9.17, 15) is 9.18 Å². The number of carbonyl (C=O) groups is 1. The van der Waals surface area contributed by atoms with Gasteiger partial charge in [0.2, 0.25) is 0 Å². The number of carbonyl (C=O) groups excluding carboxylic acids is 1. The molecular weight excluding hydrogens is 335 g/mol. The minimum atomic E-state index is -0.373. The van der Waals surface area contributed by atoms with Crippen LogP contribution < -0.4 is 10.2 Å². The maximum atomic E-state index is 13.0. The number of benzene rings is 2. The Kier molecular flexibility index (Phi) is 5.33. The van der Waals surface area contributed by atoms with E-state index in [0.29, 0.717) is 23.1 Å². The lowest BCUT2D eigenvalue weighted by atomic mass is 10.2. The molecule has 1 amide bonds. The summed E-state index contributed by atoms with van der Waals surface area (Å²) in [5, 5.41) is 2.83. The summed E-state index contributed by atoms with van der Waals surface area (Å²) >= 11 is 3.19. The molecule has 2 aromatic carbocycles. The maximum Gasteiger partial charge on any atom is 0.252 e. The van der Waals surface area contributed by atoms with Crippen LogP contribution in [0, 0.1) is 5.82 Å². The Bertz CT molecular complexity index is 619. The molecule has 0 aromatic heterocycles. The van der Waals surface area contributed by atoms with Crippen LogP contribution in [0.25, 0.3) is 0 Å². The molecule has 3 nitrogen and oxygen atoms in total. The van der Waals surface area contributed by atoms with E-state index in [1.165, 1.54) is 18.2 Å². The molecule has 0 radical (unpaired) electrons. The highest BCUT2D eigenvalue weighted by Gasteiger charge is 2.10. The van der Waals surface area contributed by atoms with E-state index in [-0.39, 0.29) is 11.7 Å². The first-order valence-electron chi connectivity index (χ1n) is 6.57. The molecule has 0 atom stereocenters. The van der Waals surface area contributed by atoms with Crippen molar-refractivity contribution in [3.05, 3.63) is 64.4 Å². The maximum absolute atomic E-state index is 13.0. The summed E-state index contributed by atoms with van der Waals surface area (Å²) in [5.41, 5.74) is 1.52. The number of nitrogens with zero attached hydrogens (tertiary/aromatic N) is 1. The zero-order valence-electron chi connectivity index (χ0n) is 11.6. The van der Waals surface area contributed by atoms with Crippen molar-refractivity contribution in [3.63, 3.8) is 0 Å². The number of rotatable bonds is 5. The van der Waals surface area contributed by atoms with Gasteiger partial charge in [0.15, 0.2) is 0 Å². The molecule has 0 heterocycles. The number of nitrogens with one attached hydrogen (secondary N) is 1. The van der Waals surface area contributed by atoms with Gasteiger partial charge in [0.25, 0.3) is 5.91 Å². The van der Waals surface area contributed by atoms with E-state index < -0.39 is 0 Å². The van der Waals surface area contributed by atoms with Crippen LogP contribution in [0.4, 0.5) is 10.1 Å². The summed E-state index contributed by atoms with van der Waals surface area (Å²) in [7, 11) is 1.97. The smallest absolute Gasteiger partial charge is 0.252 e. The van der Waals surface area contributed by atoms with E-state index in [1.54, 1.807) is 0 Å². The predicted octanol–water partition coefficient (Wildman–Crippen LogP) is 3.45. The zero-order valence-corrected chi connectivity index (χ0v) is 13.2. The largest absolute Gasteiger partial charge is 0.373 e. The summed E-state index contributed by atoms with van der Waals surface area (Å²) in [6.45, 7) is 1.20. The lowest BCUT2D eigenvalue weighted by molar-refractivity contribution is 0.0954. The standard InChI is InChI=1S/C16H16BrFN2O/c1-20(13-5-3-2-4-6-13)10-9-19-16(21)14-8-7-12(18)11-15(14)17/h2-8,11H,9-10H2,1H3,(H,19,21). The van der Waals surface area contributed by atoms with E-state index in [1.807, 2.05) is 37.4 Å². The molecule has 0 aliphatic rings. The molecule has 0 aliphatic heterocycles. The summed E-state index contributed by atoms with van der Waals surface area (Å²) in [6.07, 6.45) is 0. The Labute approximate surface area is 131 Å². The van der Waals surface area contributed by atoms with Crippen molar-refractivity contribution in [2.45, 2.75) is 0 Å². The van der Waals surface area contributed by atoms with Gasteiger partial charge in [0, 0.05) is 30.3 Å². The molecule has 2 aromatic rings. The fraction of sp³-hybridized carbons (Fsp3) is 0.188. The molecule has 0 saturated heterocycles. The highest BCUT2D eigenvalue weighted by atomic mass is 79.9. The van der Waals surface area contributed by atoms with Crippen molar-refractivity contribution in [1.29, 1.82) is 0 Å². The van der Waals surface area contributed by atoms with Crippen LogP contribution in [0.1, 0.15) is 10.4 Å². The molecule has 0 aliphatic carbocycles. The van der Waals surface area contributed by atoms with Crippen LogP contribution in [0.3, 0.4) is 0 Å². The van der Waals surface area contributed by atoms with Gasteiger partial charge < -0.3 is 10.2 Å². The SMILES string of the molecule is CN(CCNC(=O)c1ccc(F)cc1Br)c1ccccc1. The second kappa shape index (κ2) is 7.22. The number of para-hydroxylation sites is 1. The number of likely N-dealkylation sites (N-methyl/N-ethyl adjacent to an activating group) is 1. The number of hydrogen-bond donors (Lipinski definition) is 1. The average molecular weight is 351 g/mol. The molecule has 0 bridgehead atoms. The van der Waals surface area contributed by atoms with E-state index >= 15 is 0 Å². The third kappa shape index (κ3) is 4.29. The monoisotopic (exact) mass is 350 g/mol. The van der Waals surface area contributed by atoms with Crippen LogP contribution in [-0.2, 0) is 0 Å². The fourth-order valence-electron chi connectivity index (χ4n) is 1.92. The Morgan fingerprint density at radius 1 is 1.24 bits per heavy atom. The minimum absolute atomic E-state index is 0.219. The topological polar surface area (TPSA) is 32.3 Å². The first kappa shape index (κ1) is 15.5. The Morgan fingerprint density at radius 2 is 1.95 bits per heavy atom. The molecule has 0 spiro atoms. The molecule has 5 heteroatoms. The lowest BCUT2D eigenvalue weighted by Crippen LogP contribution is -2.33. The summed E-state index contributed by atoms with van der Waals surface area (Å²) in [6, 6.07) is 14.0. The Morgan fingerprint density at radius 3 is 2.62 bits per heavy atom. The van der Waals surface area contributed by atoms with E-state index in [0.717, 1.165) is 5.69 Å². The van der Waals surface area contributed by atoms with Crippen LogP contribution in [-0.4, -0.2) is 26.0 Å². The predicted molar refractivity (Wildman–Crippen MR) is 86.1 cm³/mol. The van der Waals surface area contributed by atoms with Crippen LogP contribution in [0.2, 0.25) is 0 Å². The van der Waals surface area contributed by atoms with Gasteiger partial charge in [-0.05, 0) is 46.3 Å². The van der Waals surface area contributed by atoms with Gasteiger partial charge in [-0.1, -0.05) is 18.2 Å². The molecule has 1 N–H and O–H groups in total. The quantitative estimate of drug-likeness (QED) is 0.895. The highest BCUT2D eigenvalue weighted by Crippen LogP contribution is 2.17. The van der Waals surface area contributed by atoms with Gasteiger partial charge in [-0.3, -0.25) is 4.79 Å². The van der Waals surface area contributed by atoms with Crippen molar-refractivity contribution >= 4 is 27.5 Å². The first-order valence-corrected chi connectivity index (χ1v) is 7.36. The second-order valence-corrected chi connectivity index (χ2v) is 5.49. The first-order chi connectivity index (χ1) is 10.1. The number of halogens is 2. The molecule has 0 fully saturated rings. The van der Waals surface area contributed by atoms with Crippen molar-refractivity contribution < 1.29 is 9.18 Å². The van der Waals surface area contributed by atoms with Crippen molar-refractivity contribution in [2.75, 3.05) is 25.0 Å². The van der Waals surface area contributed by atoms with E-state index in [4.69, 9.17) is 0 Å². The third-order valence-electron chi connectivity index (χ3n) is 3.11. The molecule has 2 rings (SSSR count). The molecule has 110 valence electrons. The third-order valence-corrected chi connectivity index (χ3v) is 3.76. The van der Waals surface area contributed by atoms with Crippen molar-refractivity contribution in [2.24, 2.45) is 0 Å². The van der Waals surface area contributed by atoms with Gasteiger partial charge in [0.05, 0.1) is 5.56 Å². The molecule has 0 unspecified atom stereocenters. The van der Waals surface area contributed by atoms with Gasteiger partial charge in [-0.15, -0.1) is 0 Å². The van der Waals surface area contributed by atoms with Gasteiger partial charge >= 0.3 is 0 Å². The normalized spacial score (nSPS) is 10.2. The van der Waals surface area contributed by atoms with Crippen LogP contribution >= 0.6 is 15.9 Å². The fourth-order valence-corrected chi connectivity index (χ4v) is 2.45. The van der Waals surface area contributed by atoms with Crippen LogP contribution in [0.15, 0.2) is 53.0 Å². The Hall–Kier alpha value is -1.88. The van der Waals surface area contributed by atoms with Gasteiger partial charge in [-0.2, -0.15) is 0 Å². The summed E-state index contributed by atoms with van der Waals surface area (Å²) in [4.78, 5) is 14.1. The van der Waals surface area contributed by atoms with Gasteiger partial charge in [0.1, 0.15) is 5.82 Å². The van der Waals surface area contributed by atoms with Gasteiger partial charge in [-0.25, -0.2) is 4.39 Å². The summed E-state index contributed by atoms with van der Waals surface area (Å²) in [5.74, 6) is -0.592. The van der Waals surface area contributed by atoms with Crippen molar-refractivity contribution in [1.82, 2.24) is 5.32 Å². The second-order valence-electron chi connectivity index (χ2n) is 4.64. The van der Waals surface area contributed by atoms with E-state index in [2.05, 4.69) is 26.1 Å². The van der Waals surface area contributed by atoms with Crippen molar-refractivity contribution in [3.8, 4) is 0 Å². The lowest BCUT2D eigenvalue weighted by Gasteiger charge is -2.19.